The lowest BCUT2D eigenvalue weighted by Crippen LogP contribution is -2.40. The smallest absolute Gasteiger partial charge is 0.0501 e. The van der Waals surface area contributed by atoms with E-state index in [-0.39, 0.29) is 0 Å². The van der Waals surface area contributed by atoms with Gasteiger partial charge in [-0.25, -0.2) is 0 Å². The van der Waals surface area contributed by atoms with E-state index in [1.807, 2.05) is 12.1 Å². The van der Waals surface area contributed by atoms with E-state index in [0.717, 1.165) is 24.3 Å². The zero-order chi connectivity index (χ0) is 11.4. The van der Waals surface area contributed by atoms with Crippen molar-refractivity contribution in [2.24, 2.45) is 0 Å². The SMILES string of the molecule is CC1(NCCc2ccc(N)cn2)CCCC1. The van der Waals surface area contributed by atoms with Crippen molar-refractivity contribution in [2.75, 3.05) is 12.3 Å². The fraction of sp³-hybridized carbons (Fsp3) is 0.615. The molecule has 0 aliphatic heterocycles. The van der Waals surface area contributed by atoms with Crippen LogP contribution in [0.1, 0.15) is 38.3 Å². The van der Waals surface area contributed by atoms with Crippen molar-refractivity contribution in [3.63, 3.8) is 0 Å². The standard InChI is InChI=1S/C13H21N3/c1-13(7-2-3-8-13)16-9-6-12-5-4-11(14)10-15-12/h4-5,10,16H,2-3,6-9,14H2,1H3. The van der Waals surface area contributed by atoms with Crippen molar-refractivity contribution in [3.05, 3.63) is 24.0 Å². The number of nitrogens with one attached hydrogen (secondary N) is 1. The van der Waals surface area contributed by atoms with Gasteiger partial charge in [0.2, 0.25) is 0 Å². The molecule has 3 heteroatoms. The Balaban J connectivity index is 1.77. The summed E-state index contributed by atoms with van der Waals surface area (Å²) in [5.41, 5.74) is 7.82. The van der Waals surface area contributed by atoms with E-state index < -0.39 is 0 Å². The molecule has 0 amide bonds. The lowest BCUT2D eigenvalue weighted by atomic mass is 10.0. The molecule has 0 spiro atoms. The van der Waals surface area contributed by atoms with Crippen LogP contribution in [0.3, 0.4) is 0 Å². The van der Waals surface area contributed by atoms with E-state index in [0.29, 0.717) is 5.54 Å². The van der Waals surface area contributed by atoms with Crippen molar-refractivity contribution < 1.29 is 0 Å². The normalized spacial score (nSPS) is 18.8. The molecular weight excluding hydrogens is 198 g/mol. The van der Waals surface area contributed by atoms with Gasteiger partial charge in [0, 0.05) is 24.2 Å². The van der Waals surface area contributed by atoms with Gasteiger partial charge in [0.1, 0.15) is 0 Å². The van der Waals surface area contributed by atoms with Crippen LogP contribution in [0.5, 0.6) is 0 Å². The summed E-state index contributed by atoms with van der Waals surface area (Å²) in [5, 5.41) is 3.65. The van der Waals surface area contributed by atoms with E-state index >= 15 is 0 Å². The first kappa shape index (κ1) is 11.4. The molecule has 0 atom stereocenters. The molecule has 0 aromatic carbocycles. The predicted molar refractivity (Wildman–Crippen MR) is 67.2 cm³/mol. The van der Waals surface area contributed by atoms with Gasteiger partial charge >= 0.3 is 0 Å². The third-order valence-corrected chi connectivity index (χ3v) is 3.49. The molecule has 1 aliphatic carbocycles. The second-order valence-electron chi connectivity index (χ2n) is 5.03. The highest BCUT2D eigenvalue weighted by molar-refractivity contribution is 5.34. The van der Waals surface area contributed by atoms with Crippen molar-refractivity contribution in [2.45, 2.75) is 44.6 Å². The van der Waals surface area contributed by atoms with Gasteiger partial charge in [0.05, 0.1) is 11.9 Å². The van der Waals surface area contributed by atoms with Gasteiger partial charge in [-0.05, 0) is 31.9 Å². The molecule has 0 bridgehead atoms. The first-order valence-corrected chi connectivity index (χ1v) is 6.13. The summed E-state index contributed by atoms with van der Waals surface area (Å²) in [4.78, 5) is 4.30. The highest BCUT2D eigenvalue weighted by Crippen LogP contribution is 2.28. The monoisotopic (exact) mass is 219 g/mol. The molecule has 88 valence electrons. The number of hydrogen-bond acceptors (Lipinski definition) is 3. The molecule has 1 aromatic heterocycles. The molecule has 1 heterocycles. The molecule has 1 fully saturated rings. The Morgan fingerprint density at radius 3 is 2.75 bits per heavy atom. The number of nitrogen functional groups attached to an aromatic ring is 1. The molecule has 16 heavy (non-hydrogen) atoms. The van der Waals surface area contributed by atoms with Crippen LogP contribution in [-0.2, 0) is 6.42 Å². The lowest BCUT2D eigenvalue weighted by molar-refractivity contribution is 0.367. The molecular formula is C13H21N3. The number of nitrogens with two attached hydrogens (primary N) is 1. The first-order chi connectivity index (χ1) is 7.68. The summed E-state index contributed by atoms with van der Waals surface area (Å²) in [6.07, 6.45) is 8.06. The van der Waals surface area contributed by atoms with Crippen molar-refractivity contribution >= 4 is 5.69 Å². The minimum Gasteiger partial charge on any atom is -0.397 e. The van der Waals surface area contributed by atoms with Crippen molar-refractivity contribution in [1.29, 1.82) is 0 Å². The van der Waals surface area contributed by atoms with E-state index in [2.05, 4.69) is 17.2 Å². The molecule has 3 N–H and O–H groups in total. The second-order valence-corrected chi connectivity index (χ2v) is 5.03. The molecule has 3 nitrogen and oxygen atoms in total. The van der Waals surface area contributed by atoms with Gasteiger partial charge in [-0.2, -0.15) is 0 Å². The third-order valence-electron chi connectivity index (χ3n) is 3.49. The summed E-state index contributed by atoms with van der Waals surface area (Å²) in [5.74, 6) is 0. The summed E-state index contributed by atoms with van der Waals surface area (Å²) in [6, 6.07) is 3.92. The van der Waals surface area contributed by atoms with E-state index in [9.17, 15) is 0 Å². The fourth-order valence-electron chi connectivity index (χ4n) is 2.41. The lowest BCUT2D eigenvalue weighted by Gasteiger charge is -2.25. The Morgan fingerprint density at radius 2 is 2.12 bits per heavy atom. The average molecular weight is 219 g/mol. The van der Waals surface area contributed by atoms with Crippen molar-refractivity contribution in [3.8, 4) is 0 Å². The van der Waals surface area contributed by atoms with Crippen LogP contribution in [-0.4, -0.2) is 17.1 Å². The summed E-state index contributed by atoms with van der Waals surface area (Å²) < 4.78 is 0. The molecule has 2 rings (SSSR count). The highest BCUT2D eigenvalue weighted by Gasteiger charge is 2.27. The molecule has 1 aromatic rings. The minimum atomic E-state index is 0.369. The number of pyridine rings is 1. The second kappa shape index (κ2) is 4.83. The molecule has 0 unspecified atom stereocenters. The molecule has 1 saturated carbocycles. The number of nitrogens with zero attached hydrogens (tertiary/aromatic N) is 1. The zero-order valence-electron chi connectivity index (χ0n) is 10.00. The first-order valence-electron chi connectivity index (χ1n) is 6.13. The Labute approximate surface area is 97.5 Å². The minimum absolute atomic E-state index is 0.369. The van der Waals surface area contributed by atoms with Crippen LogP contribution in [0.15, 0.2) is 18.3 Å². The summed E-state index contributed by atoms with van der Waals surface area (Å²) in [6.45, 7) is 3.34. The van der Waals surface area contributed by atoms with E-state index in [4.69, 9.17) is 5.73 Å². The van der Waals surface area contributed by atoms with Gasteiger partial charge in [0.15, 0.2) is 0 Å². The van der Waals surface area contributed by atoms with Crippen LogP contribution in [0.4, 0.5) is 5.69 Å². The molecule has 1 aliphatic rings. The van der Waals surface area contributed by atoms with Crippen LogP contribution in [0.25, 0.3) is 0 Å². The highest BCUT2D eigenvalue weighted by atomic mass is 15.0. The van der Waals surface area contributed by atoms with Crippen LogP contribution < -0.4 is 11.1 Å². The van der Waals surface area contributed by atoms with Gasteiger partial charge < -0.3 is 11.1 Å². The third kappa shape index (κ3) is 2.95. The van der Waals surface area contributed by atoms with Crippen molar-refractivity contribution in [1.82, 2.24) is 10.3 Å². The Bertz CT molecular complexity index is 326. The van der Waals surface area contributed by atoms with Gasteiger partial charge in [-0.15, -0.1) is 0 Å². The van der Waals surface area contributed by atoms with Crippen LogP contribution in [0.2, 0.25) is 0 Å². The largest absolute Gasteiger partial charge is 0.397 e. The van der Waals surface area contributed by atoms with Crippen LogP contribution in [0, 0.1) is 0 Å². The summed E-state index contributed by atoms with van der Waals surface area (Å²) >= 11 is 0. The molecule has 0 saturated heterocycles. The Kier molecular flexibility index (Phi) is 3.44. The van der Waals surface area contributed by atoms with E-state index in [1.165, 1.54) is 25.7 Å². The number of anilines is 1. The summed E-state index contributed by atoms with van der Waals surface area (Å²) in [7, 11) is 0. The van der Waals surface area contributed by atoms with Gasteiger partial charge in [0.25, 0.3) is 0 Å². The fourth-order valence-corrected chi connectivity index (χ4v) is 2.41. The Morgan fingerprint density at radius 1 is 1.38 bits per heavy atom. The number of rotatable bonds is 4. The zero-order valence-corrected chi connectivity index (χ0v) is 10.00. The van der Waals surface area contributed by atoms with E-state index in [1.54, 1.807) is 6.20 Å². The Hall–Kier alpha value is -1.09. The average Bonchev–Trinajstić information content (AvgIpc) is 2.69. The van der Waals surface area contributed by atoms with Gasteiger partial charge in [-0.1, -0.05) is 12.8 Å². The number of hydrogen-bond donors (Lipinski definition) is 2. The van der Waals surface area contributed by atoms with Gasteiger partial charge in [-0.3, -0.25) is 4.98 Å². The molecule has 0 radical (unpaired) electrons. The maximum absolute atomic E-state index is 5.60. The predicted octanol–water partition coefficient (Wildman–Crippen LogP) is 2.13. The topological polar surface area (TPSA) is 50.9 Å². The number of aromatic nitrogens is 1. The quantitative estimate of drug-likeness (QED) is 0.815. The maximum atomic E-state index is 5.60. The maximum Gasteiger partial charge on any atom is 0.0501 e. The van der Waals surface area contributed by atoms with Crippen LogP contribution >= 0.6 is 0 Å².